The molecule has 0 saturated carbocycles. The molecular formula is C32H61O10P. The molecule has 3 N–H and O–H groups in total. The van der Waals surface area contributed by atoms with Gasteiger partial charge in [-0.3, -0.25) is 18.6 Å². The third-order valence-corrected chi connectivity index (χ3v) is 7.93. The summed E-state index contributed by atoms with van der Waals surface area (Å²) in [6.45, 7) is 2.10. The Labute approximate surface area is 260 Å². The number of unbranched alkanes of at least 4 members (excludes halogenated alkanes) is 15. The highest BCUT2D eigenvalue weighted by molar-refractivity contribution is 7.47. The lowest BCUT2D eigenvalue weighted by molar-refractivity contribution is -0.153. The molecule has 0 bridgehead atoms. The minimum atomic E-state index is -4.62. The first kappa shape index (κ1) is 41.7. The zero-order valence-electron chi connectivity index (χ0n) is 26.9. The molecule has 0 amide bonds. The average Bonchev–Trinajstić information content (AvgIpc) is 2.99. The van der Waals surface area contributed by atoms with Crippen LogP contribution in [-0.4, -0.2) is 65.7 Å². The Bertz CT molecular complexity index is 746. The van der Waals surface area contributed by atoms with E-state index < -0.39 is 58.4 Å². The van der Waals surface area contributed by atoms with Crippen LogP contribution in [0.3, 0.4) is 0 Å². The molecule has 0 aromatic rings. The minimum Gasteiger partial charge on any atom is -0.457 e. The van der Waals surface area contributed by atoms with Crippen LogP contribution in [0.15, 0.2) is 12.2 Å². The van der Waals surface area contributed by atoms with Crippen molar-refractivity contribution in [2.75, 3.05) is 26.4 Å². The summed E-state index contributed by atoms with van der Waals surface area (Å²) < 4.78 is 32.2. The van der Waals surface area contributed by atoms with E-state index in [4.69, 9.17) is 18.5 Å². The molecule has 0 spiro atoms. The van der Waals surface area contributed by atoms with E-state index in [1.54, 1.807) is 0 Å². The smallest absolute Gasteiger partial charge is 0.457 e. The van der Waals surface area contributed by atoms with Crippen LogP contribution in [0.4, 0.5) is 0 Å². The van der Waals surface area contributed by atoms with E-state index in [9.17, 15) is 29.3 Å². The zero-order valence-corrected chi connectivity index (χ0v) is 27.8. The van der Waals surface area contributed by atoms with Crippen LogP contribution < -0.4 is 0 Å². The van der Waals surface area contributed by atoms with Crippen LogP contribution in [0.1, 0.15) is 142 Å². The van der Waals surface area contributed by atoms with Crippen molar-refractivity contribution in [2.45, 2.75) is 154 Å². The summed E-state index contributed by atoms with van der Waals surface area (Å²) in [6.07, 6.45) is 22.1. The number of aliphatic hydroxyl groups is 2. The normalized spacial score (nSPS) is 14.4. The molecule has 0 aliphatic heterocycles. The van der Waals surface area contributed by atoms with Crippen molar-refractivity contribution in [3.8, 4) is 0 Å². The molecule has 11 heteroatoms. The molecule has 10 nitrogen and oxygen atoms in total. The second-order valence-corrected chi connectivity index (χ2v) is 12.6. The third kappa shape index (κ3) is 28.0. The molecule has 0 heterocycles. The molecule has 0 rings (SSSR count). The van der Waals surface area contributed by atoms with Gasteiger partial charge >= 0.3 is 19.8 Å². The van der Waals surface area contributed by atoms with Gasteiger partial charge in [-0.1, -0.05) is 109 Å². The second-order valence-electron chi connectivity index (χ2n) is 11.1. The molecule has 0 aliphatic rings. The molecule has 0 radical (unpaired) electrons. The summed E-state index contributed by atoms with van der Waals surface area (Å²) in [6, 6.07) is 0. The summed E-state index contributed by atoms with van der Waals surface area (Å²) in [5.74, 6) is -1.03. The topological polar surface area (TPSA) is 149 Å². The predicted molar refractivity (Wildman–Crippen MR) is 168 cm³/mol. The number of carbonyl (C=O) groups excluding carboxylic acids is 2. The number of esters is 2. The molecule has 3 unspecified atom stereocenters. The molecule has 0 aliphatic carbocycles. The lowest BCUT2D eigenvalue weighted by atomic mass is 10.1. The number of carbonyl (C=O) groups is 2. The maximum absolute atomic E-state index is 12.2. The monoisotopic (exact) mass is 636 g/mol. The molecule has 0 aromatic heterocycles. The van der Waals surface area contributed by atoms with Gasteiger partial charge in [-0.25, -0.2) is 4.57 Å². The molecular weight excluding hydrogens is 575 g/mol. The zero-order chi connectivity index (χ0) is 32.0. The van der Waals surface area contributed by atoms with Crippen LogP contribution >= 0.6 is 7.82 Å². The van der Waals surface area contributed by atoms with E-state index in [-0.39, 0.29) is 12.8 Å². The van der Waals surface area contributed by atoms with Gasteiger partial charge in [-0.2, -0.15) is 0 Å². The van der Waals surface area contributed by atoms with E-state index in [0.29, 0.717) is 12.8 Å². The van der Waals surface area contributed by atoms with Gasteiger partial charge in [0.05, 0.1) is 26.4 Å². The van der Waals surface area contributed by atoms with Crippen molar-refractivity contribution in [3.63, 3.8) is 0 Å². The van der Waals surface area contributed by atoms with Gasteiger partial charge in [0.15, 0.2) is 0 Å². The highest BCUT2D eigenvalue weighted by atomic mass is 31.2. The number of phosphoric acid groups is 1. The molecule has 0 aromatic carbocycles. The lowest BCUT2D eigenvalue weighted by Crippen LogP contribution is -2.28. The van der Waals surface area contributed by atoms with Gasteiger partial charge in [0, 0.05) is 12.8 Å². The van der Waals surface area contributed by atoms with Crippen molar-refractivity contribution < 1.29 is 47.8 Å². The molecule has 0 fully saturated rings. The fraction of sp³-hybridized carbons (Fsp3) is 0.875. The number of hydrogen-bond acceptors (Lipinski definition) is 9. The summed E-state index contributed by atoms with van der Waals surface area (Å²) >= 11 is 0. The fourth-order valence-corrected chi connectivity index (χ4v) is 5.11. The SMILES string of the molecule is CCCC/C=C\CCCCCCCC(=O)OC(CO)COP(=O)(O)OCC(CO)OC(=O)CCCCCCCCCCC. The summed E-state index contributed by atoms with van der Waals surface area (Å²) in [7, 11) is -4.62. The van der Waals surface area contributed by atoms with E-state index in [0.717, 1.165) is 57.8 Å². The summed E-state index contributed by atoms with van der Waals surface area (Å²) in [5.41, 5.74) is 0. The van der Waals surface area contributed by atoms with Crippen molar-refractivity contribution in [3.05, 3.63) is 12.2 Å². The van der Waals surface area contributed by atoms with E-state index in [1.165, 1.54) is 44.9 Å². The van der Waals surface area contributed by atoms with Gasteiger partial charge in [0.25, 0.3) is 0 Å². The van der Waals surface area contributed by atoms with Crippen molar-refractivity contribution >= 4 is 19.8 Å². The maximum Gasteiger partial charge on any atom is 0.472 e. The van der Waals surface area contributed by atoms with Gasteiger partial charge in [0.2, 0.25) is 0 Å². The van der Waals surface area contributed by atoms with Gasteiger partial charge in [-0.05, 0) is 32.1 Å². The van der Waals surface area contributed by atoms with Crippen molar-refractivity contribution in [2.24, 2.45) is 0 Å². The molecule has 0 saturated heterocycles. The molecule has 254 valence electrons. The first-order valence-corrected chi connectivity index (χ1v) is 18.1. The molecule has 3 atom stereocenters. The minimum absolute atomic E-state index is 0.184. The van der Waals surface area contributed by atoms with E-state index in [1.807, 2.05) is 0 Å². The van der Waals surface area contributed by atoms with Gasteiger partial charge in [0.1, 0.15) is 12.2 Å². The number of phosphoric ester groups is 1. The Kier molecular flexibility index (Phi) is 28.5. The predicted octanol–water partition coefficient (Wildman–Crippen LogP) is 7.33. The Morgan fingerprint density at radius 3 is 1.40 bits per heavy atom. The fourth-order valence-electron chi connectivity index (χ4n) is 4.33. The van der Waals surface area contributed by atoms with Gasteiger partial charge in [-0.15, -0.1) is 0 Å². The molecule has 43 heavy (non-hydrogen) atoms. The van der Waals surface area contributed by atoms with E-state index >= 15 is 0 Å². The Morgan fingerprint density at radius 1 is 0.605 bits per heavy atom. The van der Waals surface area contributed by atoms with Crippen molar-refractivity contribution in [1.29, 1.82) is 0 Å². The Balaban J connectivity index is 4.06. The Hall–Kier alpha value is -1.29. The van der Waals surface area contributed by atoms with Crippen molar-refractivity contribution in [1.82, 2.24) is 0 Å². The number of aliphatic hydroxyl groups excluding tert-OH is 2. The Morgan fingerprint density at radius 2 is 0.977 bits per heavy atom. The standard InChI is InChI=1S/C32H61O10P/c1-3-5-7-9-11-13-14-16-18-20-22-24-32(36)42-30(26-34)28-40-43(37,38)39-27-29(25-33)41-31(35)23-21-19-17-15-12-10-8-6-4-2/h9,11,29-30,33-34H,3-8,10,12-28H2,1-2H3,(H,37,38)/b11-9-. The van der Waals surface area contributed by atoms with Gasteiger partial charge < -0.3 is 24.6 Å². The van der Waals surface area contributed by atoms with E-state index in [2.05, 4.69) is 26.0 Å². The number of allylic oxidation sites excluding steroid dienone is 2. The van der Waals surface area contributed by atoms with Crippen LogP contribution in [-0.2, 0) is 32.7 Å². The average molecular weight is 637 g/mol. The first-order valence-electron chi connectivity index (χ1n) is 16.6. The van der Waals surface area contributed by atoms with Crippen LogP contribution in [0.2, 0.25) is 0 Å². The van der Waals surface area contributed by atoms with Crippen LogP contribution in [0.5, 0.6) is 0 Å². The maximum atomic E-state index is 12.2. The first-order chi connectivity index (χ1) is 20.8. The van der Waals surface area contributed by atoms with Crippen LogP contribution in [0, 0.1) is 0 Å². The summed E-state index contributed by atoms with van der Waals surface area (Å²) in [5, 5.41) is 19.0. The van der Waals surface area contributed by atoms with Crippen LogP contribution in [0.25, 0.3) is 0 Å². The number of hydrogen-bond donors (Lipinski definition) is 3. The third-order valence-electron chi connectivity index (χ3n) is 6.98. The quantitative estimate of drug-likeness (QED) is 0.0306. The highest BCUT2D eigenvalue weighted by Crippen LogP contribution is 2.43. The second kappa shape index (κ2) is 29.4. The largest absolute Gasteiger partial charge is 0.472 e. The lowest BCUT2D eigenvalue weighted by Gasteiger charge is -2.20. The summed E-state index contributed by atoms with van der Waals surface area (Å²) in [4.78, 5) is 34.1. The number of rotatable bonds is 31. The number of ether oxygens (including phenoxy) is 2. The highest BCUT2D eigenvalue weighted by Gasteiger charge is 2.27.